The summed E-state index contributed by atoms with van der Waals surface area (Å²) in [5.41, 5.74) is 1.03. The Morgan fingerprint density at radius 2 is 2.10 bits per heavy atom. The Balaban J connectivity index is 1.35. The number of nitrogens with one attached hydrogen (secondary N) is 1. The van der Waals surface area contributed by atoms with Crippen LogP contribution in [-0.4, -0.2) is 16.0 Å². The number of halogens is 2. The number of carbonyl (C=O) groups is 1. The lowest BCUT2D eigenvalue weighted by molar-refractivity contribution is -0.127. The van der Waals surface area contributed by atoms with Crippen molar-refractivity contribution in [2.24, 2.45) is 17.8 Å². The van der Waals surface area contributed by atoms with Crippen LogP contribution in [0.1, 0.15) is 36.6 Å². The fourth-order valence-corrected chi connectivity index (χ4v) is 5.52. The standard InChI is InChI=1S/C21H19F2N3O2S/c22-15-3-1-2-13(18(15)23)9-24-20(27)16-11-4-5-12(8-11)17(16)21-25-19(26-28-21)14-6-7-29-10-14/h1-3,6-7,10-12,16-17H,4-5,8-9H2,(H,24,27)/t11-,12+,16-,17-/m0/s1. The molecule has 1 aromatic carbocycles. The minimum atomic E-state index is -0.922. The average Bonchev–Trinajstić information content (AvgIpc) is 3.51. The summed E-state index contributed by atoms with van der Waals surface area (Å²) in [6.07, 6.45) is 2.97. The fourth-order valence-electron chi connectivity index (χ4n) is 4.89. The average molecular weight is 415 g/mol. The second-order valence-electron chi connectivity index (χ2n) is 7.78. The van der Waals surface area contributed by atoms with Crippen molar-refractivity contribution in [3.8, 4) is 11.4 Å². The van der Waals surface area contributed by atoms with Gasteiger partial charge in [-0.3, -0.25) is 4.79 Å². The molecule has 29 heavy (non-hydrogen) atoms. The second kappa shape index (κ2) is 7.33. The Kier molecular flexibility index (Phi) is 4.66. The smallest absolute Gasteiger partial charge is 0.231 e. The molecule has 5 nitrogen and oxygen atoms in total. The van der Waals surface area contributed by atoms with Crippen molar-refractivity contribution < 1.29 is 18.1 Å². The van der Waals surface area contributed by atoms with Gasteiger partial charge in [0.15, 0.2) is 11.6 Å². The van der Waals surface area contributed by atoms with Crippen LogP contribution >= 0.6 is 11.3 Å². The molecule has 150 valence electrons. The molecule has 2 heterocycles. The molecule has 2 bridgehead atoms. The van der Waals surface area contributed by atoms with Crippen molar-refractivity contribution in [1.82, 2.24) is 15.5 Å². The normalized spacial score (nSPS) is 25.4. The van der Waals surface area contributed by atoms with Gasteiger partial charge < -0.3 is 9.84 Å². The quantitative estimate of drug-likeness (QED) is 0.665. The second-order valence-corrected chi connectivity index (χ2v) is 8.56. The van der Waals surface area contributed by atoms with Gasteiger partial charge in [-0.05, 0) is 48.6 Å². The van der Waals surface area contributed by atoms with Crippen LogP contribution in [-0.2, 0) is 11.3 Å². The zero-order valence-electron chi connectivity index (χ0n) is 15.5. The van der Waals surface area contributed by atoms with Crippen LogP contribution in [0.15, 0.2) is 39.5 Å². The van der Waals surface area contributed by atoms with E-state index in [0.29, 0.717) is 17.6 Å². The molecular weight excluding hydrogens is 396 g/mol. The molecule has 2 aliphatic rings. The number of rotatable bonds is 5. The maximum atomic E-state index is 13.9. The van der Waals surface area contributed by atoms with Crippen LogP contribution in [0.5, 0.6) is 0 Å². The van der Waals surface area contributed by atoms with Gasteiger partial charge in [-0.15, -0.1) is 0 Å². The number of nitrogens with zero attached hydrogens (tertiary/aromatic N) is 2. The van der Waals surface area contributed by atoms with Crippen LogP contribution in [0.2, 0.25) is 0 Å². The van der Waals surface area contributed by atoms with E-state index in [1.165, 1.54) is 12.1 Å². The zero-order valence-corrected chi connectivity index (χ0v) is 16.3. The number of hydrogen-bond donors (Lipinski definition) is 1. The number of amides is 1. The molecule has 0 spiro atoms. The van der Waals surface area contributed by atoms with E-state index >= 15 is 0 Å². The maximum absolute atomic E-state index is 13.9. The van der Waals surface area contributed by atoms with E-state index in [0.717, 1.165) is 30.9 Å². The summed E-state index contributed by atoms with van der Waals surface area (Å²) in [5.74, 6) is -0.818. The van der Waals surface area contributed by atoms with Gasteiger partial charge in [0.1, 0.15) is 0 Å². The largest absolute Gasteiger partial charge is 0.352 e. The number of fused-ring (bicyclic) bond motifs is 2. The lowest BCUT2D eigenvalue weighted by Gasteiger charge is -2.27. The van der Waals surface area contributed by atoms with Crippen LogP contribution in [0.4, 0.5) is 8.78 Å². The van der Waals surface area contributed by atoms with Crippen LogP contribution < -0.4 is 5.32 Å². The Bertz CT molecular complexity index is 1040. The third-order valence-electron chi connectivity index (χ3n) is 6.21. The fraction of sp³-hybridized carbons (Fsp3) is 0.381. The first-order valence-electron chi connectivity index (χ1n) is 9.68. The van der Waals surface area contributed by atoms with Gasteiger partial charge in [0.25, 0.3) is 0 Å². The van der Waals surface area contributed by atoms with E-state index in [-0.39, 0.29) is 35.8 Å². The molecule has 0 saturated heterocycles. The highest BCUT2D eigenvalue weighted by Crippen LogP contribution is 2.56. The molecular formula is C21H19F2N3O2S. The Morgan fingerprint density at radius 3 is 2.93 bits per heavy atom. The summed E-state index contributed by atoms with van der Waals surface area (Å²) in [5, 5.41) is 10.8. The summed E-state index contributed by atoms with van der Waals surface area (Å²) >= 11 is 1.56. The summed E-state index contributed by atoms with van der Waals surface area (Å²) in [6, 6.07) is 5.90. The van der Waals surface area contributed by atoms with E-state index < -0.39 is 11.6 Å². The summed E-state index contributed by atoms with van der Waals surface area (Å²) in [4.78, 5) is 17.6. The Labute approximate surface area is 170 Å². The number of carbonyl (C=O) groups excluding carboxylic acids is 1. The van der Waals surface area contributed by atoms with E-state index in [9.17, 15) is 13.6 Å². The van der Waals surface area contributed by atoms with Crippen molar-refractivity contribution in [3.05, 3.63) is 58.1 Å². The van der Waals surface area contributed by atoms with Gasteiger partial charge >= 0.3 is 0 Å². The highest BCUT2D eigenvalue weighted by molar-refractivity contribution is 7.08. The number of aromatic nitrogens is 2. The SMILES string of the molecule is O=C(NCc1cccc(F)c1F)[C@H]1[C@H]2CC[C@H](C2)[C@@H]1c1nc(-c2ccsc2)no1. The van der Waals surface area contributed by atoms with Gasteiger partial charge in [-0.2, -0.15) is 16.3 Å². The van der Waals surface area contributed by atoms with Gasteiger partial charge in [0, 0.05) is 23.1 Å². The van der Waals surface area contributed by atoms with Gasteiger partial charge in [0.05, 0.1) is 11.8 Å². The minimum absolute atomic E-state index is 0.0486. The highest BCUT2D eigenvalue weighted by Gasteiger charge is 2.53. The molecule has 0 unspecified atom stereocenters. The topological polar surface area (TPSA) is 68.0 Å². The van der Waals surface area contributed by atoms with E-state index in [1.54, 1.807) is 11.3 Å². The molecule has 2 aliphatic carbocycles. The van der Waals surface area contributed by atoms with E-state index in [4.69, 9.17) is 4.52 Å². The first-order valence-corrected chi connectivity index (χ1v) is 10.6. The van der Waals surface area contributed by atoms with Gasteiger partial charge in [-0.25, -0.2) is 8.78 Å². The maximum Gasteiger partial charge on any atom is 0.231 e. The lowest BCUT2D eigenvalue weighted by atomic mass is 9.78. The molecule has 1 amide bonds. The molecule has 0 aliphatic heterocycles. The zero-order chi connectivity index (χ0) is 20.0. The highest BCUT2D eigenvalue weighted by atomic mass is 32.1. The monoisotopic (exact) mass is 415 g/mol. The third kappa shape index (κ3) is 3.25. The molecule has 2 aromatic heterocycles. The molecule has 4 atom stereocenters. The van der Waals surface area contributed by atoms with Crippen molar-refractivity contribution in [2.75, 3.05) is 0 Å². The summed E-state index contributed by atoms with van der Waals surface area (Å²) in [7, 11) is 0. The molecule has 3 aromatic rings. The van der Waals surface area contributed by atoms with Crippen LogP contribution in [0.25, 0.3) is 11.4 Å². The van der Waals surface area contributed by atoms with Gasteiger partial charge in [0.2, 0.25) is 17.6 Å². The van der Waals surface area contributed by atoms with Crippen molar-refractivity contribution >= 4 is 17.2 Å². The van der Waals surface area contributed by atoms with Crippen LogP contribution in [0, 0.1) is 29.4 Å². The first-order chi connectivity index (χ1) is 14.1. The molecule has 8 heteroatoms. The Hall–Kier alpha value is -2.61. The molecule has 2 saturated carbocycles. The van der Waals surface area contributed by atoms with Crippen LogP contribution in [0.3, 0.4) is 0 Å². The molecule has 2 fully saturated rings. The third-order valence-corrected chi connectivity index (χ3v) is 6.89. The summed E-state index contributed by atoms with van der Waals surface area (Å²) in [6.45, 7) is -0.0486. The van der Waals surface area contributed by atoms with Crippen molar-refractivity contribution in [3.63, 3.8) is 0 Å². The first kappa shape index (κ1) is 18.4. The van der Waals surface area contributed by atoms with E-state index in [1.807, 2.05) is 16.8 Å². The number of hydrogen-bond acceptors (Lipinski definition) is 5. The summed E-state index contributed by atoms with van der Waals surface area (Å²) < 4.78 is 32.9. The minimum Gasteiger partial charge on any atom is -0.352 e. The number of benzene rings is 1. The predicted molar refractivity (Wildman–Crippen MR) is 103 cm³/mol. The number of thiophene rings is 1. The molecule has 1 N–H and O–H groups in total. The Morgan fingerprint density at radius 1 is 1.24 bits per heavy atom. The van der Waals surface area contributed by atoms with Crippen molar-refractivity contribution in [1.29, 1.82) is 0 Å². The van der Waals surface area contributed by atoms with E-state index in [2.05, 4.69) is 15.5 Å². The lowest BCUT2D eigenvalue weighted by Crippen LogP contribution is -2.37. The predicted octanol–water partition coefficient (Wildman–Crippen LogP) is 4.52. The van der Waals surface area contributed by atoms with Crippen molar-refractivity contribution in [2.45, 2.75) is 31.7 Å². The molecule has 0 radical (unpaired) electrons. The van der Waals surface area contributed by atoms with Gasteiger partial charge in [-0.1, -0.05) is 17.3 Å². The molecule has 5 rings (SSSR count).